The van der Waals surface area contributed by atoms with E-state index in [0.29, 0.717) is 23.0 Å². The highest BCUT2D eigenvalue weighted by Crippen LogP contribution is 2.32. The maximum Gasteiger partial charge on any atom is 0.377 e. The van der Waals surface area contributed by atoms with Gasteiger partial charge in [-0.15, -0.1) is 5.10 Å². The number of nitrogens with one attached hydrogen (secondary N) is 3. The molecule has 0 radical (unpaired) electrons. The van der Waals surface area contributed by atoms with Gasteiger partial charge in [0.2, 0.25) is 0 Å². The third kappa shape index (κ3) is 3.57. The number of phenols is 1. The van der Waals surface area contributed by atoms with E-state index in [1.54, 1.807) is 18.2 Å². The van der Waals surface area contributed by atoms with Gasteiger partial charge in [0.1, 0.15) is 27.7 Å². The Bertz CT molecular complexity index is 1450. The molecule has 0 aliphatic rings. The predicted molar refractivity (Wildman–Crippen MR) is 119 cm³/mol. The molecule has 5 aromatic rings. The molecule has 4 N–H and O–H groups in total. The number of ether oxygens (including phenoxy) is 1. The third-order valence-corrected chi connectivity index (χ3v) is 5.10. The van der Waals surface area contributed by atoms with Gasteiger partial charge in [0, 0.05) is 17.0 Å². The van der Waals surface area contributed by atoms with Crippen molar-refractivity contribution in [2.45, 2.75) is 6.92 Å². The largest absolute Gasteiger partial charge is 0.504 e. The summed E-state index contributed by atoms with van der Waals surface area (Å²) in [5.41, 5.74) is 7.62. The first-order valence-electron chi connectivity index (χ1n) is 9.82. The topological polar surface area (TPSA) is 96.9 Å². The van der Waals surface area contributed by atoms with Gasteiger partial charge in [-0.3, -0.25) is 0 Å². The van der Waals surface area contributed by atoms with Gasteiger partial charge < -0.3 is 14.3 Å². The fourth-order valence-electron chi connectivity index (χ4n) is 3.51. The van der Waals surface area contributed by atoms with E-state index in [1.165, 1.54) is 7.11 Å². The summed E-state index contributed by atoms with van der Waals surface area (Å²) in [6.45, 7) is 2.01. The van der Waals surface area contributed by atoms with Crippen LogP contribution in [0.4, 0.5) is 5.95 Å². The van der Waals surface area contributed by atoms with Crippen LogP contribution in [0.2, 0.25) is 0 Å². The molecule has 154 valence electrons. The number of anilines is 1. The van der Waals surface area contributed by atoms with Crippen molar-refractivity contribution < 1.29 is 19.2 Å². The fraction of sp³-hybridized carbons (Fsp3) is 0.0833. The monoisotopic (exact) mass is 413 g/mol. The van der Waals surface area contributed by atoms with Crippen molar-refractivity contribution in [1.82, 2.24) is 4.98 Å². The van der Waals surface area contributed by atoms with Gasteiger partial charge in [-0.25, -0.2) is 9.97 Å². The molecule has 0 aliphatic heterocycles. The van der Waals surface area contributed by atoms with Crippen LogP contribution in [-0.2, 0) is 0 Å². The van der Waals surface area contributed by atoms with E-state index in [0.717, 1.165) is 32.9 Å². The van der Waals surface area contributed by atoms with Gasteiger partial charge in [-0.2, -0.15) is 5.43 Å². The first-order valence-corrected chi connectivity index (χ1v) is 9.82. The summed E-state index contributed by atoms with van der Waals surface area (Å²) in [6.07, 6.45) is 0. The normalized spacial score (nSPS) is 11.9. The Morgan fingerprint density at radius 1 is 1.06 bits per heavy atom. The predicted octanol–water partition coefficient (Wildman–Crippen LogP) is 4.35. The summed E-state index contributed by atoms with van der Waals surface area (Å²) in [4.78, 5) is 6.52. The molecule has 0 amide bonds. The molecule has 7 nitrogen and oxygen atoms in total. The van der Waals surface area contributed by atoms with Gasteiger partial charge in [0.05, 0.1) is 7.11 Å². The molecule has 5 rings (SSSR count). The number of para-hydroxylation sites is 2. The van der Waals surface area contributed by atoms with Crippen molar-refractivity contribution in [3.8, 4) is 22.8 Å². The number of rotatable bonds is 4. The Kier molecular flexibility index (Phi) is 4.55. The maximum absolute atomic E-state index is 9.92. The number of imidazole rings is 1. The van der Waals surface area contributed by atoms with Crippen LogP contribution in [0.3, 0.4) is 0 Å². The summed E-state index contributed by atoms with van der Waals surface area (Å²) < 4.78 is 11.4. The highest BCUT2D eigenvalue weighted by molar-refractivity contribution is 5.79. The van der Waals surface area contributed by atoms with E-state index < -0.39 is 0 Å². The summed E-state index contributed by atoms with van der Waals surface area (Å²) in [5.74, 6) is 1.73. The van der Waals surface area contributed by atoms with Crippen molar-refractivity contribution >= 4 is 28.0 Å². The average Bonchev–Trinajstić information content (AvgIpc) is 3.20. The van der Waals surface area contributed by atoms with Crippen LogP contribution in [0.25, 0.3) is 33.3 Å². The summed E-state index contributed by atoms with van der Waals surface area (Å²) in [7, 11) is 1.52. The molecule has 0 unspecified atom stereocenters. The van der Waals surface area contributed by atoms with Crippen LogP contribution < -0.4 is 20.5 Å². The minimum absolute atomic E-state index is 0.0730. The SMILES string of the molecule is COc1cc(-c2cc(=NNc3[nH]c4ccccc4[nH+]3)c3ccc(C)cc3o2)ccc1O. The molecule has 2 heterocycles. The maximum atomic E-state index is 9.92. The van der Waals surface area contributed by atoms with Gasteiger partial charge in [-0.1, -0.05) is 18.2 Å². The smallest absolute Gasteiger partial charge is 0.377 e. The highest BCUT2D eigenvalue weighted by Gasteiger charge is 2.11. The van der Waals surface area contributed by atoms with E-state index in [4.69, 9.17) is 9.15 Å². The number of fused-ring (bicyclic) bond motifs is 2. The van der Waals surface area contributed by atoms with E-state index in [2.05, 4.69) is 20.5 Å². The minimum atomic E-state index is 0.0730. The fourth-order valence-corrected chi connectivity index (χ4v) is 3.51. The molecule has 0 fully saturated rings. The van der Waals surface area contributed by atoms with Crippen LogP contribution in [0.15, 0.2) is 76.2 Å². The molecule has 0 saturated heterocycles. The van der Waals surface area contributed by atoms with Crippen LogP contribution in [-0.4, -0.2) is 17.2 Å². The summed E-state index contributed by atoms with van der Waals surface area (Å²) in [5, 5.41) is 16.1. The summed E-state index contributed by atoms with van der Waals surface area (Å²) >= 11 is 0. The zero-order chi connectivity index (χ0) is 21.4. The van der Waals surface area contributed by atoms with E-state index in [9.17, 15) is 5.11 Å². The lowest BCUT2D eigenvalue weighted by Crippen LogP contribution is -2.12. The second kappa shape index (κ2) is 7.53. The molecule has 7 heteroatoms. The Hall–Kier alpha value is -4.26. The standard InChI is InChI=1S/C24H20N4O3/c1-14-7-9-16-19(27-28-24-25-17-5-3-4-6-18(17)26-24)13-21(31-22(16)11-14)15-8-10-20(29)23(12-15)30-2/h3-13,29H,1-2H3,(H2,25,26,28)/p+1. The highest BCUT2D eigenvalue weighted by atomic mass is 16.5. The number of aryl methyl sites for hydroxylation is 1. The molecule has 0 bridgehead atoms. The Morgan fingerprint density at radius 2 is 1.94 bits per heavy atom. The zero-order valence-electron chi connectivity index (χ0n) is 17.1. The lowest BCUT2D eigenvalue weighted by atomic mass is 10.1. The van der Waals surface area contributed by atoms with E-state index in [1.807, 2.05) is 55.5 Å². The molecule has 3 aromatic carbocycles. The number of nitrogens with zero attached hydrogens (tertiary/aromatic N) is 1. The number of methoxy groups -OCH3 is 1. The number of benzene rings is 3. The number of aromatic hydroxyl groups is 1. The van der Waals surface area contributed by atoms with E-state index in [-0.39, 0.29) is 5.75 Å². The minimum Gasteiger partial charge on any atom is -0.504 e. The van der Waals surface area contributed by atoms with Crippen molar-refractivity contribution in [3.05, 3.63) is 77.7 Å². The molecule has 0 saturated carbocycles. The van der Waals surface area contributed by atoms with Crippen LogP contribution in [0.1, 0.15) is 5.56 Å². The molecule has 0 aliphatic carbocycles. The van der Waals surface area contributed by atoms with Crippen molar-refractivity contribution in [3.63, 3.8) is 0 Å². The number of hydrogen-bond donors (Lipinski definition) is 3. The van der Waals surface area contributed by atoms with Crippen molar-refractivity contribution in [2.75, 3.05) is 12.5 Å². The summed E-state index contributed by atoms with van der Waals surface area (Å²) in [6, 6.07) is 20.9. The lowest BCUT2D eigenvalue weighted by molar-refractivity contribution is -0.326. The molecule has 31 heavy (non-hydrogen) atoms. The first-order chi connectivity index (χ1) is 15.1. The Labute approximate surface area is 177 Å². The average molecular weight is 413 g/mol. The van der Waals surface area contributed by atoms with Crippen molar-refractivity contribution in [1.29, 1.82) is 0 Å². The van der Waals surface area contributed by atoms with Gasteiger partial charge >= 0.3 is 5.95 Å². The third-order valence-electron chi connectivity index (χ3n) is 5.10. The Morgan fingerprint density at radius 3 is 2.77 bits per heavy atom. The zero-order valence-corrected chi connectivity index (χ0v) is 17.1. The second-order valence-corrected chi connectivity index (χ2v) is 7.28. The van der Waals surface area contributed by atoms with E-state index >= 15 is 0 Å². The van der Waals surface area contributed by atoms with Crippen LogP contribution in [0.5, 0.6) is 11.5 Å². The second-order valence-electron chi connectivity index (χ2n) is 7.28. The van der Waals surface area contributed by atoms with Gasteiger partial charge in [0.15, 0.2) is 11.5 Å². The molecule has 0 spiro atoms. The van der Waals surface area contributed by atoms with Crippen LogP contribution in [0, 0.1) is 6.92 Å². The number of phenolic OH excluding ortho intramolecular Hbond substituents is 1. The number of aromatic nitrogens is 2. The first kappa shape index (κ1) is 18.7. The lowest BCUT2D eigenvalue weighted by Gasteiger charge is -2.08. The quantitative estimate of drug-likeness (QED) is 0.382. The molecular formula is C24H21N4O3+. The molecular weight excluding hydrogens is 392 g/mol. The number of hydrogen-bond acceptors (Lipinski definition) is 5. The van der Waals surface area contributed by atoms with Crippen LogP contribution >= 0.6 is 0 Å². The van der Waals surface area contributed by atoms with Crippen molar-refractivity contribution in [2.24, 2.45) is 5.10 Å². The Balaban J connectivity index is 1.64. The van der Waals surface area contributed by atoms with Gasteiger partial charge in [-0.05, 0) is 55.0 Å². The van der Waals surface area contributed by atoms with Gasteiger partial charge in [0.25, 0.3) is 0 Å². The molecule has 0 atom stereocenters. The number of H-pyrrole nitrogens is 2. The molecule has 2 aromatic heterocycles. The number of aromatic amines is 2.